The summed E-state index contributed by atoms with van der Waals surface area (Å²) < 4.78 is 49.6. The quantitative estimate of drug-likeness (QED) is 0.352. The Morgan fingerprint density at radius 2 is 1.79 bits per heavy atom. The van der Waals surface area contributed by atoms with Crippen molar-refractivity contribution in [3.63, 3.8) is 0 Å². The zero-order chi connectivity index (χ0) is 27.5. The highest BCUT2D eigenvalue weighted by atomic mass is 19.4. The van der Waals surface area contributed by atoms with E-state index in [-0.39, 0.29) is 6.17 Å². The number of pyridine rings is 1. The van der Waals surface area contributed by atoms with Crippen molar-refractivity contribution in [1.29, 1.82) is 0 Å². The molecule has 3 rings (SSSR count). The first-order chi connectivity index (χ1) is 18.2. The monoisotopic (exact) mass is 532 g/mol. The van der Waals surface area contributed by atoms with Gasteiger partial charge >= 0.3 is 6.18 Å². The van der Waals surface area contributed by atoms with Crippen LogP contribution in [0.1, 0.15) is 23.7 Å². The number of benzene rings is 1. The van der Waals surface area contributed by atoms with E-state index >= 15 is 0 Å². The minimum Gasteiger partial charge on any atom is -0.405 e. The van der Waals surface area contributed by atoms with Crippen LogP contribution < -0.4 is 16.4 Å². The van der Waals surface area contributed by atoms with Gasteiger partial charge in [0, 0.05) is 51.7 Å². The lowest BCUT2D eigenvalue weighted by Crippen LogP contribution is -2.42. The van der Waals surface area contributed by atoms with Crippen LogP contribution in [-0.4, -0.2) is 69.0 Å². The fourth-order valence-electron chi connectivity index (χ4n) is 3.92. The summed E-state index contributed by atoms with van der Waals surface area (Å²) >= 11 is 0. The van der Waals surface area contributed by atoms with Gasteiger partial charge in [0.05, 0.1) is 24.3 Å². The largest absolute Gasteiger partial charge is 0.416 e. The number of allylic oxidation sites excluding steroid dienone is 3. The Balaban J connectivity index is 1.90. The molecule has 1 aliphatic heterocycles. The number of amidine groups is 1. The van der Waals surface area contributed by atoms with Crippen LogP contribution >= 0.6 is 0 Å². The van der Waals surface area contributed by atoms with E-state index in [9.17, 15) is 13.2 Å². The second-order valence-electron chi connectivity index (χ2n) is 8.90. The zero-order valence-electron chi connectivity index (χ0n) is 21.9. The van der Waals surface area contributed by atoms with Crippen LogP contribution in [0.15, 0.2) is 65.3 Å². The van der Waals surface area contributed by atoms with Crippen molar-refractivity contribution >= 4 is 17.3 Å². The van der Waals surface area contributed by atoms with Crippen LogP contribution in [0.3, 0.4) is 0 Å². The molecular weight excluding hydrogens is 497 g/mol. The fraction of sp³-hybridized carbons (Fsp3) is 0.407. The predicted octanol–water partition coefficient (Wildman–Crippen LogP) is 4.27. The maximum Gasteiger partial charge on any atom is 0.416 e. The SMILES string of the molecule is COCCN(CCOC)CC1N=C(Nc2ccc(C(F)(F)F)cc2)c2ccc(C/C(C)=C\C=C/N)nc2N1. The number of fused-ring (bicyclic) bond motifs is 1. The first kappa shape index (κ1) is 29.2. The standard InChI is InChI=1S/C27H35F3N6O2/c1-19(5-4-12-31)17-22-10-11-23-25(32-21-8-6-20(7-9-21)27(28,29)30)34-24(35-26(23)33-22)18-36(13-15-37-2)14-16-38-3/h4-12,24H,13-18,31H2,1-3H3,(H,32,34)(H,33,35)/b12-4-,19-5-. The third-order valence-electron chi connectivity index (χ3n) is 5.88. The second kappa shape index (κ2) is 13.9. The van der Waals surface area contributed by atoms with Crippen molar-refractivity contribution in [2.75, 3.05) is 57.7 Å². The molecule has 1 unspecified atom stereocenters. The lowest BCUT2D eigenvalue weighted by atomic mass is 10.1. The highest BCUT2D eigenvalue weighted by molar-refractivity contribution is 6.12. The van der Waals surface area contributed by atoms with E-state index in [2.05, 4.69) is 15.5 Å². The number of hydrogen-bond donors (Lipinski definition) is 3. The van der Waals surface area contributed by atoms with Gasteiger partial charge in [-0.1, -0.05) is 11.6 Å². The van der Waals surface area contributed by atoms with Crippen LogP contribution in [0.2, 0.25) is 0 Å². The summed E-state index contributed by atoms with van der Waals surface area (Å²) in [5, 5.41) is 6.61. The van der Waals surface area contributed by atoms with E-state index in [1.165, 1.54) is 18.3 Å². The summed E-state index contributed by atoms with van der Waals surface area (Å²) in [6.07, 6.45) is 1.06. The third-order valence-corrected chi connectivity index (χ3v) is 5.88. The summed E-state index contributed by atoms with van der Waals surface area (Å²) in [5.41, 5.74) is 7.91. The molecule has 2 heterocycles. The minimum atomic E-state index is -4.40. The molecule has 0 amide bonds. The first-order valence-corrected chi connectivity index (χ1v) is 12.3. The van der Waals surface area contributed by atoms with Crippen molar-refractivity contribution in [3.05, 3.63) is 77.1 Å². The van der Waals surface area contributed by atoms with Crippen LogP contribution in [0.4, 0.5) is 24.7 Å². The summed E-state index contributed by atoms with van der Waals surface area (Å²) in [7, 11) is 3.30. The first-order valence-electron chi connectivity index (χ1n) is 12.3. The van der Waals surface area contributed by atoms with Gasteiger partial charge < -0.3 is 25.8 Å². The van der Waals surface area contributed by atoms with E-state index in [0.717, 1.165) is 29.0 Å². The predicted molar refractivity (Wildman–Crippen MR) is 144 cm³/mol. The van der Waals surface area contributed by atoms with E-state index in [4.69, 9.17) is 25.2 Å². The molecule has 0 saturated carbocycles. The topological polar surface area (TPSA) is 97.0 Å². The number of nitrogens with one attached hydrogen (secondary N) is 2. The van der Waals surface area contributed by atoms with Crippen LogP contribution in [0.25, 0.3) is 0 Å². The molecule has 0 saturated heterocycles. The van der Waals surface area contributed by atoms with E-state index in [0.29, 0.717) is 56.6 Å². The van der Waals surface area contributed by atoms with E-state index in [1.54, 1.807) is 20.3 Å². The number of halogens is 3. The maximum absolute atomic E-state index is 13.0. The van der Waals surface area contributed by atoms with Crippen LogP contribution in [0, 0.1) is 0 Å². The highest BCUT2D eigenvalue weighted by Gasteiger charge is 2.30. The molecule has 1 atom stereocenters. The molecule has 0 spiro atoms. The normalized spacial score (nSPS) is 15.9. The minimum absolute atomic E-state index is 0.354. The zero-order valence-corrected chi connectivity index (χ0v) is 21.9. The van der Waals surface area contributed by atoms with Gasteiger partial charge in [0.15, 0.2) is 0 Å². The molecule has 0 bridgehead atoms. The molecule has 4 N–H and O–H groups in total. The number of methoxy groups -OCH3 is 2. The number of hydrogen-bond acceptors (Lipinski definition) is 8. The number of rotatable bonds is 12. The van der Waals surface area contributed by atoms with Gasteiger partial charge in [0.2, 0.25) is 0 Å². The van der Waals surface area contributed by atoms with Crippen LogP contribution in [0.5, 0.6) is 0 Å². The molecule has 38 heavy (non-hydrogen) atoms. The van der Waals surface area contributed by atoms with Gasteiger partial charge in [-0.25, -0.2) is 9.98 Å². The van der Waals surface area contributed by atoms with Gasteiger partial charge in [-0.2, -0.15) is 13.2 Å². The molecule has 1 aromatic carbocycles. The molecule has 2 aromatic rings. The summed E-state index contributed by atoms with van der Waals surface area (Å²) in [6, 6.07) is 8.71. The molecule has 206 valence electrons. The molecule has 1 aliphatic rings. The van der Waals surface area contributed by atoms with Crippen molar-refractivity contribution in [2.45, 2.75) is 25.7 Å². The Morgan fingerprint density at radius 1 is 1.11 bits per heavy atom. The summed E-state index contributed by atoms with van der Waals surface area (Å²) in [6.45, 7) is 5.04. The van der Waals surface area contributed by atoms with Crippen molar-refractivity contribution in [1.82, 2.24) is 9.88 Å². The third kappa shape index (κ3) is 8.57. The number of nitrogens with two attached hydrogens (primary N) is 1. The highest BCUT2D eigenvalue weighted by Crippen LogP contribution is 2.30. The molecule has 11 heteroatoms. The number of alkyl halides is 3. The van der Waals surface area contributed by atoms with Crippen molar-refractivity contribution < 1.29 is 22.6 Å². The van der Waals surface area contributed by atoms with E-state index < -0.39 is 11.7 Å². The maximum atomic E-state index is 13.0. The number of aliphatic imine (C=N–C) groups is 1. The lowest BCUT2D eigenvalue weighted by Gasteiger charge is -2.30. The van der Waals surface area contributed by atoms with Gasteiger partial charge in [-0.3, -0.25) is 4.90 Å². The number of ether oxygens (including phenoxy) is 2. The van der Waals surface area contributed by atoms with Gasteiger partial charge in [0.1, 0.15) is 17.8 Å². The van der Waals surface area contributed by atoms with Crippen molar-refractivity contribution in [3.8, 4) is 0 Å². The van der Waals surface area contributed by atoms with Crippen molar-refractivity contribution in [2.24, 2.45) is 10.7 Å². The Labute approximate surface area is 221 Å². The Bertz CT molecular complexity index is 1120. The number of nitrogens with zero attached hydrogens (tertiary/aromatic N) is 3. The average Bonchev–Trinajstić information content (AvgIpc) is 2.88. The molecular formula is C27H35F3N6O2. The van der Waals surface area contributed by atoms with Gasteiger partial charge in [-0.05, 0) is 55.6 Å². The number of anilines is 2. The molecule has 0 fully saturated rings. The molecule has 8 nitrogen and oxygen atoms in total. The van der Waals surface area contributed by atoms with Gasteiger partial charge in [0.25, 0.3) is 0 Å². The Kier molecular flexibility index (Phi) is 10.7. The van der Waals surface area contributed by atoms with Gasteiger partial charge in [-0.15, -0.1) is 0 Å². The lowest BCUT2D eigenvalue weighted by molar-refractivity contribution is -0.137. The fourth-order valence-corrected chi connectivity index (χ4v) is 3.92. The Hall–Kier alpha value is -3.41. The molecule has 0 aliphatic carbocycles. The summed E-state index contributed by atoms with van der Waals surface area (Å²) in [5.74, 6) is 1.18. The average molecular weight is 533 g/mol. The second-order valence-corrected chi connectivity index (χ2v) is 8.90. The Morgan fingerprint density at radius 3 is 2.39 bits per heavy atom. The van der Waals surface area contributed by atoms with Crippen LogP contribution in [-0.2, 0) is 22.1 Å². The summed E-state index contributed by atoms with van der Waals surface area (Å²) in [4.78, 5) is 11.9. The molecule has 0 radical (unpaired) electrons. The smallest absolute Gasteiger partial charge is 0.405 e. The number of aromatic nitrogens is 1. The molecule has 1 aromatic heterocycles. The van der Waals surface area contributed by atoms with E-state index in [1.807, 2.05) is 25.1 Å².